The summed E-state index contributed by atoms with van der Waals surface area (Å²) in [5, 5.41) is 23.9. The Morgan fingerprint density at radius 1 is 0.493 bits per heavy atom. The van der Waals surface area contributed by atoms with Gasteiger partial charge in [-0.25, -0.2) is 0 Å². The molecule has 2 aliphatic carbocycles. The number of nitrogen functional groups attached to an aromatic ring is 2. The number of fused-ring (bicyclic) bond motifs is 4. The molecule has 14 N–H and O–H groups in total. The summed E-state index contributed by atoms with van der Waals surface area (Å²) < 4.78 is 65.9. The predicted molar refractivity (Wildman–Crippen MR) is 254 cm³/mol. The van der Waals surface area contributed by atoms with E-state index >= 15 is 0 Å². The van der Waals surface area contributed by atoms with Gasteiger partial charge in [0.1, 0.15) is 22.3 Å². The lowest BCUT2D eigenvalue weighted by Gasteiger charge is -2.28. The predicted octanol–water partition coefficient (Wildman–Crippen LogP) is 6.89. The van der Waals surface area contributed by atoms with Crippen LogP contribution in [0.2, 0.25) is 0 Å². The van der Waals surface area contributed by atoms with Crippen LogP contribution in [0.25, 0.3) is 0 Å². The molecule has 7 aromatic rings. The molecule has 1 aromatic heterocycles. The van der Waals surface area contributed by atoms with Gasteiger partial charge in [0.2, 0.25) is 17.8 Å². The Morgan fingerprint density at radius 2 is 0.855 bits per heavy atom. The van der Waals surface area contributed by atoms with Crippen LogP contribution in [0.15, 0.2) is 119 Å². The number of aliphatic carboxylic acids is 1. The van der Waals surface area contributed by atoms with E-state index in [9.17, 15) is 55.7 Å². The Morgan fingerprint density at radius 3 is 1.25 bits per heavy atom. The van der Waals surface area contributed by atoms with Gasteiger partial charge in [0.05, 0.1) is 49.9 Å². The first-order valence-corrected chi connectivity index (χ1v) is 23.0. The lowest BCUT2D eigenvalue weighted by Crippen LogP contribution is -2.25. The maximum atomic E-state index is 13.9. The Hall–Kier alpha value is -8.78. The number of hydrogen-bond donors (Lipinski definition) is 12. The molecule has 0 amide bonds. The number of carbonyl (C=O) groups is 5. The minimum absolute atomic E-state index is 0.000311. The minimum Gasteiger partial charge on any atom is -0.480 e. The molecule has 0 saturated carbocycles. The molecule has 0 unspecified atom stereocenters. The second-order valence-corrected chi connectivity index (χ2v) is 18.2. The number of benzene rings is 6. The van der Waals surface area contributed by atoms with Crippen LogP contribution < -0.4 is 38.1 Å². The van der Waals surface area contributed by atoms with E-state index in [1.165, 1.54) is 42.5 Å². The van der Waals surface area contributed by atoms with E-state index in [1.54, 1.807) is 54.6 Å². The van der Waals surface area contributed by atoms with Crippen molar-refractivity contribution < 1.29 is 55.7 Å². The molecule has 22 nitrogen and oxygen atoms in total. The molecule has 0 saturated heterocycles. The normalized spacial score (nSPS) is 13.1. The molecule has 0 spiro atoms. The van der Waals surface area contributed by atoms with E-state index in [4.69, 9.17) is 11.5 Å². The number of carbonyl (C=O) groups excluding carboxylic acids is 4. The molecular weight excluding hydrogens is 937 g/mol. The molecule has 0 radical (unpaired) electrons. The van der Waals surface area contributed by atoms with E-state index in [0.717, 1.165) is 12.1 Å². The second kappa shape index (κ2) is 17.1. The molecule has 6 aromatic carbocycles. The first-order valence-electron chi connectivity index (χ1n) is 20.0. The molecule has 0 aliphatic heterocycles. The lowest BCUT2D eigenvalue weighted by atomic mass is 9.82. The van der Waals surface area contributed by atoms with Crippen molar-refractivity contribution in [3.63, 3.8) is 0 Å². The van der Waals surface area contributed by atoms with E-state index in [0.29, 0.717) is 11.4 Å². The smallest absolute Gasteiger partial charge is 0.322 e. The number of hydrogen-bond acceptors (Lipinski definition) is 20. The van der Waals surface area contributed by atoms with Gasteiger partial charge in [-0.2, -0.15) is 23.4 Å². The summed E-state index contributed by atoms with van der Waals surface area (Å²) in [5.41, 5.74) is 11.2. The fourth-order valence-electron chi connectivity index (χ4n) is 7.86. The zero-order chi connectivity index (χ0) is 49.1. The highest BCUT2D eigenvalue weighted by Gasteiger charge is 2.38. The SMILES string of the molecule is Nc1c(S(O)(O)O)cc(Nc2cccc(Nc3nc(NCC(=O)O)nc(Nc4cccc(Nc5cc(S(=O)(=O)O)c(N)c6c5C(=O)c5ccccc5C6=O)c4)n3)c2)c2c1C(=O)c1ccccc1C2=O. The lowest BCUT2D eigenvalue weighted by molar-refractivity contribution is -0.135. The van der Waals surface area contributed by atoms with Gasteiger partial charge in [0.25, 0.3) is 10.1 Å². The third kappa shape index (κ3) is 8.59. The Kier molecular flexibility index (Phi) is 11.3. The van der Waals surface area contributed by atoms with Gasteiger partial charge in [0, 0.05) is 45.0 Å². The topological polar surface area (TPSA) is 371 Å². The van der Waals surface area contributed by atoms with Crippen LogP contribution in [0, 0.1) is 0 Å². The number of nitrogens with zero attached hydrogens (tertiary/aromatic N) is 3. The number of aromatic nitrogens is 3. The van der Waals surface area contributed by atoms with E-state index < -0.39 is 83.4 Å². The van der Waals surface area contributed by atoms with Crippen LogP contribution in [0.1, 0.15) is 63.7 Å². The monoisotopic (exact) mass is 970 g/mol. The summed E-state index contributed by atoms with van der Waals surface area (Å²) >= 11 is 0. The molecule has 24 heteroatoms. The van der Waals surface area contributed by atoms with Crippen molar-refractivity contribution in [1.82, 2.24) is 15.0 Å². The molecule has 0 atom stereocenters. The van der Waals surface area contributed by atoms with Gasteiger partial charge >= 0.3 is 5.97 Å². The van der Waals surface area contributed by atoms with Crippen LogP contribution in [0.4, 0.5) is 63.3 Å². The first kappa shape index (κ1) is 45.4. The molecule has 2 aliphatic rings. The van der Waals surface area contributed by atoms with Crippen LogP contribution in [0.5, 0.6) is 0 Å². The van der Waals surface area contributed by atoms with E-state index in [-0.39, 0.29) is 79.5 Å². The number of ketones is 4. The Balaban J connectivity index is 1.02. The summed E-state index contributed by atoms with van der Waals surface area (Å²) in [7, 11) is -9.50. The quantitative estimate of drug-likeness (QED) is 0.0413. The highest BCUT2D eigenvalue weighted by molar-refractivity contribution is 8.19. The number of anilines is 11. The zero-order valence-corrected chi connectivity index (χ0v) is 36.6. The van der Waals surface area contributed by atoms with Crippen molar-refractivity contribution in [3.8, 4) is 0 Å². The van der Waals surface area contributed by atoms with Gasteiger partial charge in [0.15, 0.2) is 23.1 Å². The van der Waals surface area contributed by atoms with Gasteiger partial charge in [-0.1, -0.05) is 60.7 Å². The molecule has 348 valence electrons. The van der Waals surface area contributed by atoms with Crippen molar-refractivity contribution in [2.24, 2.45) is 0 Å². The largest absolute Gasteiger partial charge is 0.480 e. The first-order chi connectivity index (χ1) is 32.8. The van der Waals surface area contributed by atoms with Crippen molar-refractivity contribution >= 4 is 113 Å². The number of carboxylic acids is 1. The van der Waals surface area contributed by atoms with Crippen LogP contribution in [0.3, 0.4) is 0 Å². The minimum atomic E-state index is -5.00. The zero-order valence-electron chi connectivity index (χ0n) is 35.0. The van der Waals surface area contributed by atoms with Gasteiger partial charge in [-0.3, -0.25) is 28.5 Å². The standard InChI is InChI=1S/C45H34N10O12S2/c46-37-30(68(62,63)64)17-28(33-35(37)41(60)26-13-3-1-11-24(26)39(33)58)49-20-7-5-9-22(15-20)51-44-53-43(48-19-32(56)57)54-45(55-44)52-23-10-6-8-21(16-23)50-29-18-31(69(65,66)67)38(47)36-34(29)40(59)25-12-2-4-14-27(25)42(36)61/h1-18,49-50,62-64H,19,46-47H2,(H,56,57)(H,65,66,67)(H3,48,51,52,53,54,55). The van der Waals surface area contributed by atoms with Crippen LogP contribution in [-0.4, -0.2) is 82.3 Å². The van der Waals surface area contributed by atoms with E-state index in [1.807, 2.05) is 0 Å². The molecule has 1 heterocycles. The summed E-state index contributed by atoms with van der Waals surface area (Å²) in [4.78, 5) is 78.2. The maximum Gasteiger partial charge on any atom is 0.322 e. The van der Waals surface area contributed by atoms with Crippen molar-refractivity contribution in [2.75, 3.05) is 44.6 Å². The maximum absolute atomic E-state index is 13.9. The van der Waals surface area contributed by atoms with E-state index in [2.05, 4.69) is 41.5 Å². The fraction of sp³-hybridized carbons (Fsp3) is 0.0222. The number of nitrogens with two attached hydrogens (primary N) is 2. The Bertz CT molecular complexity index is 3530. The second-order valence-electron chi connectivity index (χ2n) is 15.3. The molecule has 69 heavy (non-hydrogen) atoms. The third-order valence-electron chi connectivity index (χ3n) is 10.8. The van der Waals surface area contributed by atoms with Crippen LogP contribution in [-0.2, 0) is 14.9 Å². The average Bonchev–Trinajstić information content (AvgIpc) is 3.29. The number of nitrogens with one attached hydrogen (secondary N) is 5. The number of carboxylic acid groups (broad SMARTS) is 1. The fourth-order valence-corrected chi connectivity index (χ4v) is 9.18. The highest BCUT2D eigenvalue weighted by atomic mass is 32.3. The van der Waals surface area contributed by atoms with Gasteiger partial charge in [-0.15, -0.1) is 0 Å². The summed E-state index contributed by atoms with van der Waals surface area (Å²) in [6.45, 7) is -0.594. The highest BCUT2D eigenvalue weighted by Crippen LogP contribution is 2.52. The summed E-state index contributed by atoms with van der Waals surface area (Å²) in [5.74, 6) is -4.30. The van der Waals surface area contributed by atoms with Crippen molar-refractivity contribution in [1.29, 1.82) is 0 Å². The third-order valence-corrected chi connectivity index (χ3v) is 12.6. The average molecular weight is 971 g/mol. The molecular formula is C45H34N10O12S2. The van der Waals surface area contributed by atoms with Crippen molar-refractivity contribution in [3.05, 3.63) is 154 Å². The molecule has 0 fully saturated rings. The summed E-state index contributed by atoms with van der Waals surface area (Å²) in [6, 6.07) is 26.5. The molecule has 0 bridgehead atoms. The Labute approximate surface area is 390 Å². The number of rotatable bonds is 13. The van der Waals surface area contributed by atoms with Gasteiger partial charge < -0.3 is 56.8 Å². The summed E-state index contributed by atoms with van der Waals surface area (Å²) in [6.07, 6.45) is 0. The van der Waals surface area contributed by atoms with Gasteiger partial charge in [-0.05, 0) is 48.5 Å². The van der Waals surface area contributed by atoms with Crippen LogP contribution >= 0.6 is 10.9 Å². The van der Waals surface area contributed by atoms with Crippen molar-refractivity contribution in [2.45, 2.75) is 9.79 Å². The molecule has 9 rings (SSSR count).